The van der Waals surface area contributed by atoms with Gasteiger partial charge in [0.05, 0.1) is 7.11 Å². The second-order valence-electron chi connectivity index (χ2n) is 4.63. The van der Waals surface area contributed by atoms with Crippen LogP contribution in [0.25, 0.3) is 0 Å². The molecular formula is C15H20N4O2. The van der Waals surface area contributed by atoms with Crippen molar-refractivity contribution in [3.63, 3.8) is 0 Å². The number of ether oxygens (including phenoxy) is 2. The van der Waals surface area contributed by atoms with Crippen molar-refractivity contribution in [1.82, 2.24) is 15.0 Å². The quantitative estimate of drug-likeness (QED) is 0.880. The molecule has 0 aliphatic carbocycles. The number of methoxy groups -OCH3 is 1. The summed E-state index contributed by atoms with van der Waals surface area (Å²) < 4.78 is 10.9. The Morgan fingerprint density at radius 2 is 1.86 bits per heavy atom. The van der Waals surface area contributed by atoms with E-state index in [1.54, 1.807) is 7.05 Å². The van der Waals surface area contributed by atoms with Gasteiger partial charge in [-0.1, -0.05) is 32.0 Å². The molecule has 1 unspecified atom stereocenters. The average molecular weight is 288 g/mol. The van der Waals surface area contributed by atoms with Gasteiger partial charge in [0.2, 0.25) is 5.95 Å². The second-order valence-corrected chi connectivity index (χ2v) is 4.63. The van der Waals surface area contributed by atoms with E-state index in [1.807, 2.05) is 18.2 Å². The van der Waals surface area contributed by atoms with E-state index in [-0.39, 0.29) is 12.0 Å². The Kier molecular flexibility index (Phi) is 4.92. The minimum absolute atomic E-state index is 0.210. The van der Waals surface area contributed by atoms with Gasteiger partial charge in [-0.3, -0.25) is 0 Å². The van der Waals surface area contributed by atoms with Crippen molar-refractivity contribution in [2.75, 3.05) is 19.5 Å². The van der Waals surface area contributed by atoms with Crippen LogP contribution in [0.15, 0.2) is 24.3 Å². The molecule has 112 valence electrons. The molecule has 0 aliphatic heterocycles. The molecule has 0 radical (unpaired) electrons. The van der Waals surface area contributed by atoms with Gasteiger partial charge in [-0.05, 0) is 24.0 Å². The number of aromatic nitrogens is 3. The Balaban J connectivity index is 2.34. The summed E-state index contributed by atoms with van der Waals surface area (Å²) in [5, 5.41) is 2.85. The van der Waals surface area contributed by atoms with Crippen molar-refractivity contribution in [2.45, 2.75) is 26.2 Å². The van der Waals surface area contributed by atoms with E-state index in [4.69, 9.17) is 9.47 Å². The summed E-state index contributed by atoms with van der Waals surface area (Å²) >= 11 is 0. The molecule has 1 aromatic heterocycles. The number of hydrogen-bond donors (Lipinski definition) is 1. The van der Waals surface area contributed by atoms with Gasteiger partial charge in [0.1, 0.15) is 5.75 Å². The van der Waals surface area contributed by atoms with Crippen LogP contribution < -0.4 is 14.8 Å². The third-order valence-corrected chi connectivity index (χ3v) is 3.26. The van der Waals surface area contributed by atoms with Crippen molar-refractivity contribution in [1.29, 1.82) is 0 Å². The summed E-state index contributed by atoms with van der Waals surface area (Å²) in [6.45, 7) is 4.31. The van der Waals surface area contributed by atoms with Gasteiger partial charge in [-0.2, -0.15) is 9.97 Å². The number of hydrogen-bond acceptors (Lipinski definition) is 6. The first-order valence-electron chi connectivity index (χ1n) is 6.92. The predicted molar refractivity (Wildman–Crippen MR) is 81.1 cm³/mol. The molecule has 1 atom stereocenters. The molecule has 2 rings (SSSR count). The average Bonchev–Trinajstić information content (AvgIpc) is 2.54. The Hall–Kier alpha value is -2.37. The van der Waals surface area contributed by atoms with E-state index in [0.717, 1.165) is 17.7 Å². The van der Waals surface area contributed by atoms with Gasteiger partial charge in [0.25, 0.3) is 0 Å². The van der Waals surface area contributed by atoms with Gasteiger partial charge >= 0.3 is 12.0 Å². The number of anilines is 1. The summed E-state index contributed by atoms with van der Waals surface area (Å²) in [7, 11) is 3.23. The van der Waals surface area contributed by atoms with Crippen molar-refractivity contribution >= 4 is 5.95 Å². The first-order chi connectivity index (χ1) is 10.2. The Morgan fingerprint density at radius 3 is 2.52 bits per heavy atom. The lowest BCUT2D eigenvalue weighted by Gasteiger charge is -2.14. The van der Waals surface area contributed by atoms with E-state index in [9.17, 15) is 0 Å². The second kappa shape index (κ2) is 6.88. The highest BCUT2D eigenvalue weighted by Gasteiger charge is 2.13. The van der Waals surface area contributed by atoms with E-state index in [1.165, 1.54) is 7.11 Å². The van der Waals surface area contributed by atoms with Gasteiger partial charge in [-0.25, -0.2) is 0 Å². The van der Waals surface area contributed by atoms with Crippen LogP contribution in [0, 0.1) is 0 Å². The van der Waals surface area contributed by atoms with Crippen LogP contribution >= 0.6 is 0 Å². The number of nitrogens with one attached hydrogen (secondary N) is 1. The molecule has 0 spiro atoms. The fourth-order valence-corrected chi connectivity index (χ4v) is 1.89. The standard InChI is InChI=1S/C15H20N4O2/c1-5-10(2)11-8-6-7-9-12(11)21-15-18-13(16-3)17-14(19-15)20-4/h6-10H,5H2,1-4H3,(H,16,17,18,19). The van der Waals surface area contributed by atoms with Gasteiger partial charge < -0.3 is 14.8 Å². The van der Waals surface area contributed by atoms with Crippen LogP contribution in [-0.2, 0) is 0 Å². The first-order valence-corrected chi connectivity index (χ1v) is 6.92. The molecule has 1 N–H and O–H groups in total. The molecule has 0 bridgehead atoms. The molecular weight excluding hydrogens is 268 g/mol. The summed E-state index contributed by atoms with van der Waals surface area (Å²) in [4.78, 5) is 12.4. The minimum atomic E-state index is 0.210. The van der Waals surface area contributed by atoms with E-state index < -0.39 is 0 Å². The molecule has 0 aliphatic rings. The molecule has 6 heteroatoms. The van der Waals surface area contributed by atoms with Crippen molar-refractivity contribution in [3.8, 4) is 17.8 Å². The lowest BCUT2D eigenvalue weighted by molar-refractivity contribution is 0.359. The molecule has 0 fully saturated rings. The highest BCUT2D eigenvalue weighted by Crippen LogP contribution is 2.31. The fraction of sp³-hybridized carbons (Fsp3) is 0.400. The van der Waals surface area contributed by atoms with Crippen LogP contribution in [0.4, 0.5) is 5.95 Å². The van der Waals surface area contributed by atoms with Crippen LogP contribution in [0.3, 0.4) is 0 Å². The Bertz CT molecular complexity index is 582. The van der Waals surface area contributed by atoms with E-state index in [2.05, 4.69) is 40.2 Å². The first kappa shape index (κ1) is 15.0. The summed E-state index contributed by atoms with van der Waals surface area (Å²) in [5.41, 5.74) is 1.13. The zero-order valence-corrected chi connectivity index (χ0v) is 12.8. The van der Waals surface area contributed by atoms with Crippen LogP contribution in [-0.4, -0.2) is 29.1 Å². The zero-order valence-electron chi connectivity index (χ0n) is 12.8. The van der Waals surface area contributed by atoms with Gasteiger partial charge in [-0.15, -0.1) is 4.98 Å². The van der Waals surface area contributed by atoms with Gasteiger partial charge in [0, 0.05) is 7.05 Å². The molecule has 0 saturated heterocycles. The van der Waals surface area contributed by atoms with E-state index in [0.29, 0.717) is 11.9 Å². The summed E-state index contributed by atoms with van der Waals surface area (Å²) in [6.07, 6.45) is 1.03. The third kappa shape index (κ3) is 3.59. The van der Waals surface area contributed by atoms with Crippen LogP contribution in [0.1, 0.15) is 31.7 Å². The van der Waals surface area contributed by atoms with Crippen molar-refractivity contribution < 1.29 is 9.47 Å². The minimum Gasteiger partial charge on any atom is -0.467 e. The molecule has 0 amide bonds. The maximum Gasteiger partial charge on any atom is 0.330 e. The van der Waals surface area contributed by atoms with Crippen LogP contribution in [0.5, 0.6) is 17.8 Å². The predicted octanol–water partition coefficient (Wildman–Crippen LogP) is 3.23. The molecule has 6 nitrogen and oxygen atoms in total. The lowest BCUT2D eigenvalue weighted by atomic mass is 9.98. The molecule has 0 saturated carbocycles. The number of benzene rings is 1. The monoisotopic (exact) mass is 288 g/mol. The third-order valence-electron chi connectivity index (χ3n) is 3.26. The molecule has 1 heterocycles. The number of para-hydroxylation sites is 1. The summed E-state index contributed by atoms with van der Waals surface area (Å²) in [6, 6.07) is 8.32. The maximum atomic E-state index is 5.84. The molecule has 2 aromatic rings. The molecule has 21 heavy (non-hydrogen) atoms. The topological polar surface area (TPSA) is 69.2 Å². The summed E-state index contributed by atoms with van der Waals surface area (Å²) in [5.74, 6) is 1.55. The highest BCUT2D eigenvalue weighted by atomic mass is 16.5. The van der Waals surface area contributed by atoms with E-state index >= 15 is 0 Å². The Morgan fingerprint density at radius 1 is 1.14 bits per heavy atom. The number of nitrogens with zero attached hydrogens (tertiary/aromatic N) is 3. The van der Waals surface area contributed by atoms with Gasteiger partial charge in [0.15, 0.2) is 0 Å². The van der Waals surface area contributed by atoms with Crippen molar-refractivity contribution in [2.24, 2.45) is 0 Å². The lowest BCUT2D eigenvalue weighted by Crippen LogP contribution is -2.04. The largest absolute Gasteiger partial charge is 0.467 e. The Labute approximate surface area is 124 Å². The fourth-order valence-electron chi connectivity index (χ4n) is 1.89. The smallest absolute Gasteiger partial charge is 0.330 e. The highest BCUT2D eigenvalue weighted by molar-refractivity contribution is 5.38. The zero-order chi connectivity index (χ0) is 15.2. The maximum absolute atomic E-state index is 5.84. The molecule has 1 aromatic carbocycles. The normalized spacial score (nSPS) is 11.8. The SMILES string of the molecule is CCC(C)c1ccccc1Oc1nc(NC)nc(OC)n1. The van der Waals surface area contributed by atoms with Crippen molar-refractivity contribution in [3.05, 3.63) is 29.8 Å². The van der Waals surface area contributed by atoms with Crippen LogP contribution in [0.2, 0.25) is 0 Å². The number of rotatable bonds is 6.